The fourth-order valence-corrected chi connectivity index (χ4v) is 8.57. The molecule has 2 heteroatoms. The van der Waals surface area contributed by atoms with Crippen LogP contribution < -0.4 is 4.90 Å². The number of rotatable bonds is 10. The minimum absolute atomic E-state index is 0.907. The SMILES string of the molecule is C/C=C\C(=C/C)c1cccc(-c2ccc(N(c3ccc(-c4cccc(-c5ccccc5)c4)cc3)c3ccc(-c4cccc(-c5ccc6oc7ccccc7c6c5)c4)cc3)cc2)c1. The van der Waals surface area contributed by atoms with Crippen molar-refractivity contribution < 1.29 is 4.42 Å². The molecule has 0 fully saturated rings. The number of hydrogen-bond donors (Lipinski definition) is 0. The van der Waals surface area contributed by atoms with Crippen LogP contribution in [-0.2, 0) is 0 Å². The molecule has 10 aromatic rings. The maximum absolute atomic E-state index is 6.12. The summed E-state index contributed by atoms with van der Waals surface area (Å²) in [5.74, 6) is 0. The number of nitrogens with zero attached hydrogens (tertiary/aromatic N) is 1. The van der Waals surface area contributed by atoms with E-state index in [1.807, 2.05) is 12.1 Å². The van der Waals surface area contributed by atoms with Crippen molar-refractivity contribution in [3.63, 3.8) is 0 Å². The molecule has 1 heterocycles. The van der Waals surface area contributed by atoms with Gasteiger partial charge in [-0.2, -0.15) is 0 Å². The van der Waals surface area contributed by atoms with Gasteiger partial charge in [0.2, 0.25) is 0 Å². The van der Waals surface area contributed by atoms with Gasteiger partial charge < -0.3 is 9.32 Å². The molecular formula is C60H45NO. The fourth-order valence-electron chi connectivity index (χ4n) is 8.57. The molecule has 9 aromatic carbocycles. The highest BCUT2D eigenvalue weighted by atomic mass is 16.3. The Balaban J connectivity index is 0.988. The van der Waals surface area contributed by atoms with Gasteiger partial charge in [0.15, 0.2) is 0 Å². The van der Waals surface area contributed by atoms with E-state index in [9.17, 15) is 0 Å². The molecule has 0 unspecified atom stereocenters. The molecule has 0 N–H and O–H groups in total. The van der Waals surface area contributed by atoms with Crippen molar-refractivity contribution in [2.75, 3.05) is 4.90 Å². The molecule has 0 aliphatic rings. The summed E-state index contributed by atoms with van der Waals surface area (Å²) in [5.41, 5.74) is 19.3. The molecule has 1 aromatic heterocycles. The lowest BCUT2D eigenvalue weighted by atomic mass is 9.97. The molecule has 0 aliphatic heterocycles. The van der Waals surface area contributed by atoms with Gasteiger partial charge in [-0.1, -0.05) is 164 Å². The third kappa shape index (κ3) is 7.67. The van der Waals surface area contributed by atoms with E-state index in [0.717, 1.165) is 44.6 Å². The Hall–Kier alpha value is -7.94. The third-order valence-corrected chi connectivity index (χ3v) is 11.8. The predicted octanol–water partition coefficient (Wildman–Crippen LogP) is 17.4. The molecule has 0 amide bonds. The molecule has 0 aliphatic carbocycles. The first-order valence-electron chi connectivity index (χ1n) is 21.3. The summed E-state index contributed by atoms with van der Waals surface area (Å²) in [5, 5.41) is 2.27. The summed E-state index contributed by atoms with van der Waals surface area (Å²) in [7, 11) is 0. The van der Waals surface area contributed by atoms with Crippen LogP contribution in [-0.4, -0.2) is 0 Å². The molecule has 2 nitrogen and oxygen atoms in total. The molecule has 0 radical (unpaired) electrons. The first-order chi connectivity index (χ1) is 30.6. The molecular weight excluding hydrogens is 751 g/mol. The monoisotopic (exact) mass is 795 g/mol. The van der Waals surface area contributed by atoms with E-state index in [-0.39, 0.29) is 0 Å². The number of allylic oxidation sites excluding steroid dienone is 4. The average molecular weight is 796 g/mol. The largest absolute Gasteiger partial charge is 0.456 e. The van der Waals surface area contributed by atoms with Crippen molar-refractivity contribution in [2.24, 2.45) is 0 Å². The number of para-hydroxylation sites is 1. The van der Waals surface area contributed by atoms with E-state index < -0.39 is 0 Å². The molecule has 296 valence electrons. The Labute approximate surface area is 364 Å². The van der Waals surface area contributed by atoms with Crippen molar-refractivity contribution in [2.45, 2.75) is 13.8 Å². The maximum atomic E-state index is 6.12. The molecule has 0 atom stereocenters. The van der Waals surface area contributed by atoms with Gasteiger partial charge in [0.05, 0.1) is 0 Å². The third-order valence-electron chi connectivity index (χ3n) is 11.8. The zero-order valence-electron chi connectivity index (χ0n) is 34.9. The van der Waals surface area contributed by atoms with Crippen LogP contribution in [0.25, 0.3) is 83.1 Å². The van der Waals surface area contributed by atoms with Gasteiger partial charge in [-0.25, -0.2) is 0 Å². The molecule has 0 saturated carbocycles. The Morgan fingerprint density at radius 3 is 1.32 bits per heavy atom. The fraction of sp³-hybridized carbons (Fsp3) is 0.0333. The molecule has 62 heavy (non-hydrogen) atoms. The van der Waals surface area contributed by atoms with Crippen molar-refractivity contribution in [3.8, 4) is 55.6 Å². The molecule has 10 rings (SSSR count). The molecule has 0 saturated heterocycles. The van der Waals surface area contributed by atoms with Crippen LogP contribution in [0.1, 0.15) is 19.4 Å². The lowest BCUT2D eigenvalue weighted by Crippen LogP contribution is -2.09. The average Bonchev–Trinajstić information content (AvgIpc) is 3.72. The second-order valence-electron chi connectivity index (χ2n) is 15.6. The first kappa shape index (κ1) is 38.3. The first-order valence-corrected chi connectivity index (χ1v) is 21.3. The van der Waals surface area contributed by atoms with Crippen LogP contribution in [0.5, 0.6) is 0 Å². The minimum atomic E-state index is 0.907. The highest BCUT2D eigenvalue weighted by molar-refractivity contribution is 6.06. The van der Waals surface area contributed by atoms with Crippen LogP contribution in [0.4, 0.5) is 17.1 Å². The van der Waals surface area contributed by atoms with Gasteiger partial charge in [0, 0.05) is 27.8 Å². The van der Waals surface area contributed by atoms with E-state index in [0.29, 0.717) is 0 Å². The summed E-state index contributed by atoms with van der Waals surface area (Å²) >= 11 is 0. The van der Waals surface area contributed by atoms with Gasteiger partial charge >= 0.3 is 0 Å². The van der Waals surface area contributed by atoms with Gasteiger partial charge in [0.1, 0.15) is 11.2 Å². The topological polar surface area (TPSA) is 16.4 Å². The Kier molecular flexibility index (Phi) is 10.5. The van der Waals surface area contributed by atoms with Crippen LogP contribution >= 0.6 is 0 Å². The summed E-state index contributed by atoms with van der Waals surface area (Å²) in [6.45, 7) is 4.15. The second-order valence-corrected chi connectivity index (χ2v) is 15.6. The zero-order valence-corrected chi connectivity index (χ0v) is 34.9. The quantitative estimate of drug-likeness (QED) is 0.128. The van der Waals surface area contributed by atoms with E-state index in [1.54, 1.807) is 0 Å². The molecule has 0 bridgehead atoms. The minimum Gasteiger partial charge on any atom is -0.456 e. The number of hydrogen-bond acceptors (Lipinski definition) is 2. The highest BCUT2D eigenvalue weighted by Crippen LogP contribution is 2.39. The van der Waals surface area contributed by atoms with Crippen molar-refractivity contribution in [3.05, 3.63) is 242 Å². The van der Waals surface area contributed by atoms with Crippen LogP contribution in [0.3, 0.4) is 0 Å². The lowest BCUT2D eigenvalue weighted by Gasteiger charge is -2.26. The number of fused-ring (bicyclic) bond motifs is 3. The standard InChI is InChI=1S/C60H45NO/c1-3-13-42(4-2)47-16-10-18-49(38-47)44-24-31-54(32-25-44)61(55-33-26-45(27-34-55)50-19-11-17-48(39-50)43-14-6-5-7-15-43)56-35-28-46(29-36-56)51-20-12-21-52(40-51)53-30-37-60-58(41-53)57-22-8-9-23-59(57)62-60/h3-41H,1-2H3/b13-3-,42-4+. The van der Waals surface area contributed by atoms with Crippen molar-refractivity contribution in [1.29, 1.82) is 0 Å². The summed E-state index contributed by atoms with van der Waals surface area (Å²) in [4.78, 5) is 2.35. The van der Waals surface area contributed by atoms with E-state index in [4.69, 9.17) is 4.42 Å². The van der Waals surface area contributed by atoms with Gasteiger partial charge in [-0.05, 0) is 153 Å². The Bertz CT molecular complexity index is 3220. The number of anilines is 3. The van der Waals surface area contributed by atoms with Crippen molar-refractivity contribution in [1.82, 2.24) is 0 Å². The zero-order chi connectivity index (χ0) is 41.8. The summed E-state index contributed by atoms with van der Waals surface area (Å²) in [6.07, 6.45) is 6.42. The second kappa shape index (κ2) is 17.0. The van der Waals surface area contributed by atoms with Crippen LogP contribution in [0, 0.1) is 0 Å². The maximum Gasteiger partial charge on any atom is 0.135 e. The lowest BCUT2D eigenvalue weighted by molar-refractivity contribution is 0.669. The van der Waals surface area contributed by atoms with Crippen LogP contribution in [0.2, 0.25) is 0 Å². The predicted molar refractivity (Wildman–Crippen MR) is 264 cm³/mol. The van der Waals surface area contributed by atoms with E-state index >= 15 is 0 Å². The highest BCUT2D eigenvalue weighted by Gasteiger charge is 2.15. The molecule has 0 spiro atoms. The van der Waals surface area contributed by atoms with Gasteiger partial charge in [-0.15, -0.1) is 0 Å². The summed E-state index contributed by atoms with van der Waals surface area (Å²) in [6, 6.07) is 78.5. The van der Waals surface area contributed by atoms with Gasteiger partial charge in [0.25, 0.3) is 0 Å². The number of furan rings is 1. The van der Waals surface area contributed by atoms with E-state index in [1.165, 1.54) is 61.2 Å². The van der Waals surface area contributed by atoms with Crippen molar-refractivity contribution >= 4 is 44.6 Å². The Morgan fingerprint density at radius 1 is 0.355 bits per heavy atom. The van der Waals surface area contributed by atoms with E-state index in [2.05, 4.69) is 243 Å². The smallest absolute Gasteiger partial charge is 0.135 e. The Morgan fingerprint density at radius 2 is 0.774 bits per heavy atom. The van der Waals surface area contributed by atoms with Crippen LogP contribution in [0.15, 0.2) is 241 Å². The normalized spacial score (nSPS) is 11.7. The number of benzene rings is 9. The summed E-state index contributed by atoms with van der Waals surface area (Å²) < 4.78 is 6.12. The van der Waals surface area contributed by atoms with Gasteiger partial charge in [-0.3, -0.25) is 0 Å².